The lowest BCUT2D eigenvalue weighted by molar-refractivity contribution is -0.115. The number of aryl methyl sites for hydroxylation is 1. The molecule has 0 bridgehead atoms. The summed E-state index contributed by atoms with van der Waals surface area (Å²) in [5.41, 5.74) is 3.28. The van der Waals surface area contributed by atoms with Crippen molar-refractivity contribution in [3.8, 4) is 11.5 Å². The summed E-state index contributed by atoms with van der Waals surface area (Å²) >= 11 is 0. The van der Waals surface area contributed by atoms with Crippen LogP contribution in [-0.4, -0.2) is 29.9 Å². The Labute approximate surface area is 165 Å². The van der Waals surface area contributed by atoms with Gasteiger partial charge in [0.2, 0.25) is 5.91 Å². The lowest BCUT2D eigenvalue weighted by Crippen LogP contribution is -2.18. The molecule has 28 heavy (non-hydrogen) atoms. The fourth-order valence-corrected chi connectivity index (χ4v) is 2.98. The quantitative estimate of drug-likeness (QED) is 0.648. The van der Waals surface area contributed by atoms with E-state index in [1.54, 1.807) is 37.2 Å². The largest absolute Gasteiger partial charge is 0.493 e. The fourth-order valence-electron chi connectivity index (χ4n) is 2.98. The maximum atomic E-state index is 12.5. The normalized spacial score (nSPS) is 10.5. The minimum Gasteiger partial charge on any atom is -0.493 e. The van der Waals surface area contributed by atoms with Crippen LogP contribution in [-0.2, 0) is 24.2 Å². The number of aromatic nitrogens is 2. The molecule has 0 aliphatic rings. The molecule has 3 aromatic rings. The van der Waals surface area contributed by atoms with Crippen LogP contribution in [0, 0.1) is 0 Å². The van der Waals surface area contributed by atoms with Gasteiger partial charge in [-0.25, -0.2) is 4.68 Å². The lowest BCUT2D eigenvalue weighted by atomic mass is 10.1. The smallest absolute Gasteiger partial charge is 0.229 e. The number of hydrogen-bond acceptors (Lipinski definition) is 4. The van der Waals surface area contributed by atoms with Crippen LogP contribution in [0.2, 0.25) is 0 Å². The van der Waals surface area contributed by atoms with E-state index < -0.39 is 0 Å². The Bertz CT molecular complexity index is 932. The SMILES string of the molecule is CCc1ccc(Cn2nccc2NC(=O)Cc2ccc(OC)c(OC)c2)cc1. The van der Waals surface area contributed by atoms with Gasteiger partial charge in [-0.05, 0) is 35.2 Å². The topological polar surface area (TPSA) is 65.4 Å². The third-order valence-corrected chi connectivity index (χ3v) is 4.56. The number of carbonyl (C=O) groups is 1. The van der Waals surface area contributed by atoms with Crippen molar-refractivity contribution in [2.45, 2.75) is 26.3 Å². The van der Waals surface area contributed by atoms with Crippen LogP contribution in [0.3, 0.4) is 0 Å². The second kappa shape index (κ2) is 9.08. The number of benzene rings is 2. The highest BCUT2D eigenvalue weighted by molar-refractivity contribution is 5.91. The molecule has 1 aromatic heterocycles. The fraction of sp³-hybridized carbons (Fsp3) is 0.273. The van der Waals surface area contributed by atoms with Gasteiger partial charge < -0.3 is 14.8 Å². The molecule has 1 amide bonds. The van der Waals surface area contributed by atoms with Crippen LogP contribution in [0.4, 0.5) is 5.82 Å². The zero-order chi connectivity index (χ0) is 19.9. The second-order valence-electron chi connectivity index (χ2n) is 6.46. The second-order valence-corrected chi connectivity index (χ2v) is 6.46. The zero-order valence-electron chi connectivity index (χ0n) is 16.4. The maximum Gasteiger partial charge on any atom is 0.229 e. The summed E-state index contributed by atoms with van der Waals surface area (Å²) in [5, 5.41) is 7.27. The Morgan fingerprint density at radius 2 is 1.64 bits per heavy atom. The van der Waals surface area contributed by atoms with Gasteiger partial charge in [0.15, 0.2) is 11.5 Å². The maximum absolute atomic E-state index is 12.5. The first-order valence-corrected chi connectivity index (χ1v) is 9.23. The third-order valence-electron chi connectivity index (χ3n) is 4.56. The van der Waals surface area contributed by atoms with Gasteiger partial charge in [-0.1, -0.05) is 37.3 Å². The summed E-state index contributed by atoms with van der Waals surface area (Å²) < 4.78 is 12.3. The molecule has 146 valence electrons. The first kappa shape index (κ1) is 19.5. The molecule has 0 radical (unpaired) electrons. The van der Waals surface area contributed by atoms with Crippen LogP contribution in [0.1, 0.15) is 23.6 Å². The molecular weight excluding hydrogens is 354 g/mol. The van der Waals surface area contributed by atoms with Gasteiger partial charge >= 0.3 is 0 Å². The highest BCUT2D eigenvalue weighted by atomic mass is 16.5. The molecule has 0 atom stereocenters. The van der Waals surface area contributed by atoms with Crippen LogP contribution in [0.25, 0.3) is 0 Å². The van der Waals surface area contributed by atoms with E-state index in [-0.39, 0.29) is 12.3 Å². The van der Waals surface area contributed by atoms with Gasteiger partial charge in [-0.2, -0.15) is 5.10 Å². The van der Waals surface area contributed by atoms with Gasteiger partial charge in [-0.3, -0.25) is 4.79 Å². The summed E-state index contributed by atoms with van der Waals surface area (Å²) in [4.78, 5) is 12.5. The molecule has 1 N–H and O–H groups in total. The predicted octanol–water partition coefficient (Wildman–Crippen LogP) is 3.69. The average molecular weight is 379 g/mol. The summed E-state index contributed by atoms with van der Waals surface area (Å²) in [5.74, 6) is 1.80. The molecule has 2 aromatic carbocycles. The van der Waals surface area contributed by atoms with Crippen LogP contribution < -0.4 is 14.8 Å². The van der Waals surface area contributed by atoms with E-state index in [0.717, 1.165) is 17.5 Å². The Hall–Kier alpha value is -3.28. The van der Waals surface area contributed by atoms with Crippen LogP contribution >= 0.6 is 0 Å². The van der Waals surface area contributed by atoms with Gasteiger partial charge in [0, 0.05) is 6.07 Å². The van der Waals surface area contributed by atoms with E-state index in [4.69, 9.17) is 9.47 Å². The molecule has 0 aliphatic carbocycles. The van der Waals surface area contributed by atoms with Gasteiger partial charge in [0.25, 0.3) is 0 Å². The van der Waals surface area contributed by atoms with Crippen molar-refractivity contribution in [2.75, 3.05) is 19.5 Å². The zero-order valence-corrected chi connectivity index (χ0v) is 16.4. The molecule has 6 nitrogen and oxygen atoms in total. The summed E-state index contributed by atoms with van der Waals surface area (Å²) in [6.45, 7) is 2.73. The van der Waals surface area contributed by atoms with Crippen molar-refractivity contribution in [3.63, 3.8) is 0 Å². The molecule has 6 heteroatoms. The molecule has 1 heterocycles. The summed E-state index contributed by atoms with van der Waals surface area (Å²) in [6.07, 6.45) is 2.93. The highest BCUT2D eigenvalue weighted by Crippen LogP contribution is 2.27. The molecule has 0 saturated heterocycles. The summed E-state index contributed by atoms with van der Waals surface area (Å²) in [7, 11) is 3.16. The minimum atomic E-state index is -0.115. The standard InChI is InChI=1S/C22H25N3O3/c1-4-16-5-7-17(8-6-16)15-25-21(11-12-23-25)24-22(26)14-18-9-10-19(27-2)20(13-18)28-3/h5-13H,4,14-15H2,1-3H3,(H,24,26). The number of nitrogens with zero attached hydrogens (tertiary/aromatic N) is 2. The van der Waals surface area contributed by atoms with Crippen molar-refractivity contribution >= 4 is 11.7 Å². The Kier molecular flexibility index (Phi) is 6.32. The van der Waals surface area contributed by atoms with E-state index in [9.17, 15) is 4.79 Å². The Morgan fingerprint density at radius 3 is 2.32 bits per heavy atom. The van der Waals surface area contributed by atoms with Crippen molar-refractivity contribution in [1.82, 2.24) is 9.78 Å². The van der Waals surface area contributed by atoms with E-state index in [1.165, 1.54) is 5.56 Å². The molecule has 0 fully saturated rings. The number of amides is 1. The number of hydrogen-bond donors (Lipinski definition) is 1. The molecule has 0 aliphatic heterocycles. The van der Waals surface area contributed by atoms with E-state index in [0.29, 0.717) is 23.9 Å². The molecule has 0 saturated carbocycles. The molecule has 0 unspecified atom stereocenters. The van der Waals surface area contributed by atoms with Crippen molar-refractivity contribution in [3.05, 3.63) is 71.4 Å². The highest BCUT2D eigenvalue weighted by Gasteiger charge is 2.11. The number of anilines is 1. The summed E-state index contributed by atoms with van der Waals surface area (Å²) in [6, 6.07) is 15.7. The van der Waals surface area contributed by atoms with Gasteiger partial charge in [0.05, 0.1) is 33.4 Å². The minimum absolute atomic E-state index is 0.115. The first-order valence-electron chi connectivity index (χ1n) is 9.23. The van der Waals surface area contributed by atoms with E-state index in [2.05, 4.69) is 41.6 Å². The molecule has 3 rings (SSSR count). The third kappa shape index (κ3) is 4.71. The van der Waals surface area contributed by atoms with E-state index in [1.807, 2.05) is 12.1 Å². The lowest BCUT2D eigenvalue weighted by Gasteiger charge is -2.11. The van der Waals surface area contributed by atoms with Crippen molar-refractivity contribution < 1.29 is 14.3 Å². The van der Waals surface area contributed by atoms with Crippen LogP contribution in [0.5, 0.6) is 11.5 Å². The van der Waals surface area contributed by atoms with Crippen LogP contribution in [0.15, 0.2) is 54.7 Å². The number of ether oxygens (including phenoxy) is 2. The predicted molar refractivity (Wildman–Crippen MR) is 109 cm³/mol. The van der Waals surface area contributed by atoms with E-state index >= 15 is 0 Å². The van der Waals surface area contributed by atoms with Gasteiger partial charge in [-0.15, -0.1) is 0 Å². The Balaban J connectivity index is 1.65. The number of rotatable bonds is 8. The number of nitrogens with one attached hydrogen (secondary N) is 1. The Morgan fingerprint density at radius 1 is 0.964 bits per heavy atom. The number of carbonyl (C=O) groups excluding carboxylic acids is 1. The first-order chi connectivity index (χ1) is 13.6. The van der Waals surface area contributed by atoms with Gasteiger partial charge in [0.1, 0.15) is 5.82 Å². The molecular formula is C22H25N3O3. The average Bonchev–Trinajstić information content (AvgIpc) is 3.14. The monoisotopic (exact) mass is 379 g/mol. The molecule has 0 spiro atoms. The number of methoxy groups -OCH3 is 2. The van der Waals surface area contributed by atoms with Crippen molar-refractivity contribution in [1.29, 1.82) is 0 Å². The van der Waals surface area contributed by atoms with Crippen molar-refractivity contribution in [2.24, 2.45) is 0 Å².